The van der Waals surface area contributed by atoms with Crippen molar-refractivity contribution in [3.05, 3.63) is 17.5 Å². The van der Waals surface area contributed by atoms with Gasteiger partial charge in [-0.3, -0.25) is 0 Å². The van der Waals surface area contributed by atoms with Gasteiger partial charge in [-0.2, -0.15) is 0 Å². The second-order valence-electron chi connectivity index (χ2n) is 6.48. The number of nitrogens with zero attached hydrogens (tertiary/aromatic N) is 3. The minimum absolute atomic E-state index is 0.602. The molecular formula is C17H30N4. The van der Waals surface area contributed by atoms with Crippen molar-refractivity contribution in [3.8, 4) is 0 Å². The smallest absolute Gasteiger partial charge is 0.225 e. The molecule has 118 valence electrons. The molecule has 1 aliphatic rings. The third-order valence-electron chi connectivity index (χ3n) is 4.66. The van der Waals surface area contributed by atoms with Gasteiger partial charge >= 0.3 is 0 Å². The minimum Gasteiger partial charge on any atom is -0.341 e. The van der Waals surface area contributed by atoms with E-state index in [2.05, 4.69) is 43.0 Å². The Bertz CT molecular complexity index is 438. The largest absolute Gasteiger partial charge is 0.341 e. The Kier molecular flexibility index (Phi) is 5.97. The maximum absolute atomic E-state index is 4.72. The monoisotopic (exact) mass is 290 g/mol. The number of hydrogen-bond acceptors (Lipinski definition) is 4. The number of aryl methyl sites for hydroxylation is 1. The molecular weight excluding hydrogens is 260 g/mol. The van der Waals surface area contributed by atoms with Gasteiger partial charge in [-0.1, -0.05) is 13.8 Å². The van der Waals surface area contributed by atoms with Crippen LogP contribution in [0.2, 0.25) is 0 Å². The zero-order valence-corrected chi connectivity index (χ0v) is 14.0. The molecule has 0 aliphatic heterocycles. The molecule has 1 N–H and O–H groups in total. The summed E-state index contributed by atoms with van der Waals surface area (Å²) in [6, 6.07) is 0.602. The Morgan fingerprint density at radius 2 is 2.00 bits per heavy atom. The fraction of sp³-hybridized carbons (Fsp3) is 0.765. The van der Waals surface area contributed by atoms with Crippen LogP contribution in [0.25, 0.3) is 0 Å². The Labute approximate surface area is 129 Å². The van der Waals surface area contributed by atoms with E-state index in [0.717, 1.165) is 37.1 Å². The highest BCUT2D eigenvalue weighted by Crippen LogP contribution is 2.28. The molecule has 0 unspecified atom stereocenters. The number of rotatable bonds is 6. The van der Waals surface area contributed by atoms with E-state index in [1.807, 2.05) is 6.20 Å². The topological polar surface area (TPSA) is 41.1 Å². The molecule has 0 radical (unpaired) electrons. The summed E-state index contributed by atoms with van der Waals surface area (Å²) < 4.78 is 0. The van der Waals surface area contributed by atoms with E-state index in [9.17, 15) is 0 Å². The van der Waals surface area contributed by atoms with Crippen LogP contribution in [0.4, 0.5) is 5.95 Å². The third-order valence-corrected chi connectivity index (χ3v) is 4.66. The van der Waals surface area contributed by atoms with Crippen molar-refractivity contribution < 1.29 is 0 Å². The van der Waals surface area contributed by atoms with Crippen molar-refractivity contribution >= 4 is 5.95 Å². The van der Waals surface area contributed by atoms with Gasteiger partial charge in [0, 0.05) is 37.1 Å². The molecule has 1 aliphatic carbocycles. The molecule has 1 heterocycles. The van der Waals surface area contributed by atoms with Crippen LogP contribution in [-0.2, 0) is 6.54 Å². The van der Waals surface area contributed by atoms with E-state index in [1.165, 1.54) is 31.2 Å². The summed E-state index contributed by atoms with van der Waals surface area (Å²) in [6.45, 7) is 8.53. The van der Waals surface area contributed by atoms with Crippen molar-refractivity contribution in [1.82, 2.24) is 15.3 Å². The fourth-order valence-corrected chi connectivity index (χ4v) is 3.02. The SMILES string of the molecule is CCCNCc1cnc(N(C)C2CCC(C)CC2)nc1C. The van der Waals surface area contributed by atoms with Crippen molar-refractivity contribution in [2.45, 2.75) is 65.5 Å². The summed E-state index contributed by atoms with van der Waals surface area (Å²) in [5.41, 5.74) is 2.30. The fourth-order valence-electron chi connectivity index (χ4n) is 3.02. The quantitative estimate of drug-likeness (QED) is 0.816. The summed E-state index contributed by atoms with van der Waals surface area (Å²) in [7, 11) is 2.14. The maximum atomic E-state index is 4.72. The van der Waals surface area contributed by atoms with Gasteiger partial charge < -0.3 is 10.2 Å². The van der Waals surface area contributed by atoms with Crippen LogP contribution in [0, 0.1) is 12.8 Å². The Morgan fingerprint density at radius 1 is 1.29 bits per heavy atom. The molecule has 1 fully saturated rings. The van der Waals surface area contributed by atoms with Crippen LogP contribution in [0.5, 0.6) is 0 Å². The molecule has 0 aromatic carbocycles. The Morgan fingerprint density at radius 3 is 2.62 bits per heavy atom. The van der Waals surface area contributed by atoms with Crippen LogP contribution in [0.3, 0.4) is 0 Å². The molecule has 4 heteroatoms. The van der Waals surface area contributed by atoms with Gasteiger partial charge in [0.25, 0.3) is 0 Å². The van der Waals surface area contributed by atoms with Gasteiger partial charge in [-0.25, -0.2) is 9.97 Å². The normalized spacial score (nSPS) is 22.3. The highest BCUT2D eigenvalue weighted by atomic mass is 15.3. The van der Waals surface area contributed by atoms with E-state index in [-0.39, 0.29) is 0 Å². The summed E-state index contributed by atoms with van der Waals surface area (Å²) in [6.07, 6.45) is 8.32. The lowest BCUT2D eigenvalue weighted by molar-refractivity contribution is 0.339. The first-order chi connectivity index (χ1) is 10.1. The van der Waals surface area contributed by atoms with E-state index >= 15 is 0 Å². The number of hydrogen-bond donors (Lipinski definition) is 1. The maximum Gasteiger partial charge on any atom is 0.225 e. The summed E-state index contributed by atoms with van der Waals surface area (Å²) in [5.74, 6) is 1.76. The molecule has 0 saturated heterocycles. The number of nitrogens with one attached hydrogen (secondary N) is 1. The van der Waals surface area contributed by atoms with Gasteiger partial charge in [-0.15, -0.1) is 0 Å². The van der Waals surface area contributed by atoms with Crippen LogP contribution in [0.15, 0.2) is 6.20 Å². The van der Waals surface area contributed by atoms with E-state index < -0.39 is 0 Å². The molecule has 0 amide bonds. The van der Waals surface area contributed by atoms with E-state index in [1.54, 1.807) is 0 Å². The second kappa shape index (κ2) is 7.74. The first-order valence-electron chi connectivity index (χ1n) is 8.37. The van der Waals surface area contributed by atoms with E-state index in [0.29, 0.717) is 6.04 Å². The summed E-state index contributed by atoms with van der Waals surface area (Å²) in [5, 5.41) is 3.42. The van der Waals surface area contributed by atoms with Crippen LogP contribution < -0.4 is 10.2 Å². The molecule has 0 spiro atoms. The first kappa shape index (κ1) is 16.2. The molecule has 4 nitrogen and oxygen atoms in total. The van der Waals surface area contributed by atoms with Crippen molar-refractivity contribution in [1.29, 1.82) is 0 Å². The van der Waals surface area contributed by atoms with Crippen LogP contribution in [0.1, 0.15) is 57.2 Å². The predicted octanol–water partition coefficient (Wildman–Crippen LogP) is 3.30. The Balaban J connectivity index is 1.98. The molecule has 21 heavy (non-hydrogen) atoms. The summed E-state index contributed by atoms with van der Waals surface area (Å²) >= 11 is 0. The second-order valence-corrected chi connectivity index (χ2v) is 6.48. The number of aromatic nitrogens is 2. The Hall–Kier alpha value is -1.16. The average molecular weight is 290 g/mol. The van der Waals surface area contributed by atoms with Crippen molar-refractivity contribution in [2.75, 3.05) is 18.5 Å². The number of anilines is 1. The molecule has 0 bridgehead atoms. The minimum atomic E-state index is 0.602. The van der Waals surface area contributed by atoms with Gasteiger partial charge in [0.1, 0.15) is 0 Å². The predicted molar refractivity (Wildman–Crippen MR) is 88.6 cm³/mol. The van der Waals surface area contributed by atoms with Gasteiger partial charge in [-0.05, 0) is 51.5 Å². The highest BCUT2D eigenvalue weighted by Gasteiger charge is 2.23. The lowest BCUT2D eigenvalue weighted by Crippen LogP contribution is -2.36. The van der Waals surface area contributed by atoms with Gasteiger partial charge in [0.05, 0.1) is 0 Å². The standard InChI is InChI=1S/C17H30N4/c1-5-10-18-11-15-12-19-17(20-14(15)3)21(4)16-8-6-13(2)7-9-16/h12-13,16,18H,5-11H2,1-4H3. The molecule has 1 aromatic heterocycles. The van der Waals surface area contributed by atoms with Gasteiger partial charge in [0.2, 0.25) is 5.95 Å². The summed E-state index contributed by atoms with van der Waals surface area (Å²) in [4.78, 5) is 11.6. The van der Waals surface area contributed by atoms with Crippen molar-refractivity contribution in [3.63, 3.8) is 0 Å². The average Bonchev–Trinajstić information content (AvgIpc) is 2.49. The molecule has 1 aromatic rings. The molecule has 0 atom stereocenters. The zero-order chi connectivity index (χ0) is 15.2. The van der Waals surface area contributed by atoms with Crippen molar-refractivity contribution in [2.24, 2.45) is 5.92 Å². The lowest BCUT2D eigenvalue weighted by Gasteiger charge is -2.33. The lowest BCUT2D eigenvalue weighted by atomic mass is 9.87. The van der Waals surface area contributed by atoms with Gasteiger partial charge in [0.15, 0.2) is 0 Å². The molecule has 1 saturated carbocycles. The molecule has 2 rings (SSSR count). The highest BCUT2D eigenvalue weighted by molar-refractivity contribution is 5.33. The van der Waals surface area contributed by atoms with Crippen LogP contribution in [-0.4, -0.2) is 29.6 Å². The van der Waals surface area contributed by atoms with E-state index in [4.69, 9.17) is 4.98 Å². The zero-order valence-electron chi connectivity index (χ0n) is 14.0. The van der Waals surface area contributed by atoms with Crippen LogP contribution >= 0.6 is 0 Å². The first-order valence-corrected chi connectivity index (χ1v) is 8.37. The third kappa shape index (κ3) is 4.40.